The summed E-state index contributed by atoms with van der Waals surface area (Å²) in [5.74, 6) is 0. The molecular weight excluding hydrogens is 556 g/mol. The van der Waals surface area contributed by atoms with Gasteiger partial charge in [-0.15, -0.1) is 10.2 Å². The molecule has 0 bridgehead atoms. The number of ether oxygens (including phenoxy) is 1. The van der Waals surface area contributed by atoms with E-state index in [2.05, 4.69) is 14.9 Å². The Labute approximate surface area is 226 Å². The van der Waals surface area contributed by atoms with Crippen LogP contribution >= 0.6 is 11.3 Å². The van der Waals surface area contributed by atoms with Crippen LogP contribution in [0.4, 0.5) is 13.6 Å². The van der Waals surface area contributed by atoms with Gasteiger partial charge in [0.1, 0.15) is 0 Å². The summed E-state index contributed by atoms with van der Waals surface area (Å²) in [5, 5.41) is 6.62. The van der Waals surface area contributed by atoms with Crippen molar-refractivity contribution in [3.8, 4) is 5.13 Å². The Kier molecular flexibility index (Phi) is 6.85. The lowest BCUT2D eigenvalue weighted by molar-refractivity contribution is -0.0523. The Morgan fingerprint density at radius 3 is 2.51 bits per heavy atom. The van der Waals surface area contributed by atoms with Gasteiger partial charge in [0.2, 0.25) is 15.2 Å². The largest absolute Gasteiger partial charge is 0.377 e. The molecule has 0 saturated carbocycles. The monoisotopic (exact) mass is 583 g/mol. The molecule has 1 N–H and O–H groups in total. The molecule has 0 aliphatic carbocycles. The van der Waals surface area contributed by atoms with E-state index in [0.717, 1.165) is 10.1 Å². The summed E-state index contributed by atoms with van der Waals surface area (Å²) in [5.41, 5.74) is 0.441. The third-order valence-corrected chi connectivity index (χ3v) is 9.20. The molecule has 3 aromatic rings. The fourth-order valence-electron chi connectivity index (χ4n) is 4.68. The van der Waals surface area contributed by atoms with Crippen LogP contribution in [0.1, 0.15) is 30.3 Å². The Morgan fingerprint density at radius 1 is 1.26 bits per heavy atom. The summed E-state index contributed by atoms with van der Waals surface area (Å²) in [4.78, 5) is 28.8. The van der Waals surface area contributed by atoms with E-state index in [-0.39, 0.29) is 34.8 Å². The van der Waals surface area contributed by atoms with Gasteiger partial charge in [-0.3, -0.25) is 4.57 Å². The highest BCUT2D eigenvalue weighted by molar-refractivity contribution is 7.89. The predicted molar refractivity (Wildman–Crippen MR) is 140 cm³/mol. The minimum absolute atomic E-state index is 0.103. The molecule has 4 heterocycles. The number of alkyl halides is 2. The second-order valence-electron chi connectivity index (χ2n) is 10.0. The summed E-state index contributed by atoms with van der Waals surface area (Å²) >= 11 is 0.553. The van der Waals surface area contributed by atoms with Gasteiger partial charge >= 0.3 is 11.7 Å². The van der Waals surface area contributed by atoms with Crippen molar-refractivity contribution < 1.29 is 26.7 Å². The lowest BCUT2D eigenvalue weighted by Gasteiger charge is -2.38. The van der Waals surface area contributed by atoms with Gasteiger partial charge in [-0.2, -0.15) is 0 Å². The quantitative estimate of drug-likeness (QED) is 0.469. The highest BCUT2D eigenvalue weighted by Crippen LogP contribution is 2.34. The Morgan fingerprint density at radius 2 is 1.97 bits per heavy atom. The first-order chi connectivity index (χ1) is 18.3. The third-order valence-electron chi connectivity index (χ3n) is 6.67. The predicted octanol–water partition coefficient (Wildman–Crippen LogP) is 1.96. The number of aromatic nitrogens is 4. The average molecular weight is 584 g/mol. The van der Waals surface area contributed by atoms with Gasteiger partial charge in [0, 0.05) is 39.8 Å². The van der Waals surface area contributed by atoms with Crippen molar-refractivity contribution in [3.05, 3.63) is 39.3 Å². The van der Waals surface area contributed by atoms with E-state index in [1.807, 2.05) is 6.08 Å². The maximum Gasteiger partial charge on any atom is 0.335 e. The molecule has 5 rings (SSSR count). The second-order valence-corrected chi connectivity index (χ2v) is 12.7. The Bertz CT molecular complexity index is 1650. The molecule has 16 heteroatoms. The maximum atomic E-state index is 13.5. The van der Waals surface area contributed by atoms with E-state index >= 15 is 0 Å². The average Bonchev–Trinajstić information content (AvgIpc) is 3.45. The first-order valence-corrected chi connectivity index (χ1v) is 14.3. The summed E-state index contributed by atoms with van der Waals surface area (Å²) < 4.78 is 63.8. The van der Waals surface area contributed by atoms with Gasteiger partial charge in [-0.1, -0.05) is 17.4 Å². The number of carbonyl (C=O) groups is 1. The van der Waals surface area contributed by atoms with Gasteiger partial charge in [0.15, 0.2) is 5.01 Å². The number of imidazole rings is 1. The normalized spacial score (nSPS) is 17.4. The van der Waals surface area contributed by atoms with Crippen LogP contribution in [0, 0.1) is 0 Å². The van der Waals surface area contributed by atoms with E-state index in [9.17, 15) is 26.8 Å². The second kappa shape index (κ2) is 9.76. The number of fused-ring (bicyclic) bond motifs is 1. The summed E-state index contributed by atoms with van der Waals surface area (Å²) in [6.07, 6.45) is -0.639. The van der Waals surface area contributed by atoms with Crippen molar-refractivity contribution in [2.75, 3.05) is 40.4 Å². The van der Waals surface area contributed by atoms with Crippen molar-refractivity contribution >= 4 is 44.0 Å². The summed E-state index contributed by atoms with van der Waals surface area (Å²) in [6, 6.07) is 2.67. The number of aryl methyl sites for hydroxylation is 1. The van der Waals surface area contributed by atoms with Crippen LogP contribution in [-0.4, -0.2) is 89.5 Å². The van der Waals surface area contributed by atoms with Crippen LogP contribution < -0.4 is 10.4 Å². The van der Waals surface area contributed by atoms with E-state index < -0.39 is 32.7 Å². The number of amides is 2. The fraction of sp³-hybridized carbons (Fsp3) is 0.478. The molecule has 0 atom stereocenters. The number of hydrogen-bond donors (Lipinski definition) is 1. The molecule has 1 aromatic carbocycles. The molecule has 0 spiro atoms. The topological polar surface area (TPSA) is 132 Å². The zero-order chi connectivity index (χ0) is 28.3. The van der Waals surface area contributed by atoms with Gasteiger partial charge in [0.25, 0.3) is 6.43 Å². The molecule has 12 nitrogen and oxygen atoms in total. The van der Waals surface area contributed by atoms with E-state index in [0.29, 0.717) is 41.9 Å². The van der Waals surface area contributed by atoms with Crippen LogP contribution in [0.25, 0.3) is 21.7 Å². The van der Waals surface area contributed by atoms with Crippen LogP contribution in [0.3, 0.4) is 0 Å². The maximum absolute atomic E-state index is 13.5. The fourth-order valence-corrected chi connectivity index (χ4v) is 6.81. The van der Waals surface area contributed by atoms with E-state index in [1.165, 1.54) is 28.6 Å². The van der Waals surface area contributed by atoms with Crippen molar-refractivity contribution in [2.24, 2.45) is 7.05 Å². The Hall–Kier alpha value is -3.21. The zero-order valence-electron chi connectivity index (χ0n) is 21.6. The van der Waals surface area contributed by atoms with Gasteiger partial charge < -0.3 is 14.5 Å². The van der Waals surface area contributed by atoms with Gasteiger partial charge in [0.05, 0.1) is 34.7 Å². The van der Waals surface area contributed by atoms with E-state index in [4.69, 9.17) is 4.74 Å². The first kappa shape index (κ1) is 27.4. The van der Waals surface area contributed by atoms with Crippen LogP contribution in [0.5, 0.6) is 0 Å². The summed E-state index contributed by atoms with van der Waals surface area (Å²) in [6.45, 7) is 2.82. The third kappa shape index (κ3) is 4.85. The van der Waals surface area contributed by atoms with Gasteiger partial charge in [-0.05, 0) is 31.1 Å². The molecule has 1 fully saturated rings. The molecule has 1 saturated heterocycles. The number of nitrogens with zero attached hydrogens (tertiary/aromatic N) is 6. The van der Waals surface area contributed by atoms with Crippen molar-refractivity contribution in [1.82, 2.24) is 33.9 Å². The summed E-state index contributed by atoms with van der Waals surface area (Å²) in [7, 11) is 0.751. The van der Waals surface area contributed by atoms with E-state index in [1.54, 1.807) is 25.9 Å². The highest BCUT2D eigenvalue weighted by Gasteiger charge is 2.38. The molecule has 2 aliphatic heterocycles. The minimum Gasteiger partial charge on any atom is -0.377 e. The van der Waals surface area contributed by atoms with Gasteiger partial charge in [-0.25, -0.2) is 36.1 Å². The molecular formula is C23H27F2N7O5S2. The van der Waals surface area contributed by atoms with Crippen LogP contribution in [-0.2, 0) is 21.8 Å². The molecule has 2 aliphatic rings. The lowest BCUT2D eigenvalue weighted by atomic mass is 9.98. The smallest absolute Gasteiger partial charge is 0.335 e. The first-order valence-electron chi connectivity index (χ1n) is 12.0. The standard InChI is InChI=1S/C23H27F2N7O5S2/c1-23(11-37-12-23)28-39(35,36)14-9-15(13-5-7-31(8-6-13)21(33)29(2)3)17-16(10-14)32(22(34)30(17)4)20-27-26-19(38-20)18(24)25/h5,9-10,18,28H,6-8,11-12H2,1-4H3. The Balaban J connectivity index is 1.70. The number of rotatable bonds is 6. The number of carbonyl (C=O) groups excluding carboxylic acids is 1. The number of urea groups is 1. The number of halogens is 2. The lowest BCUT2D eigenvalue weighted by Crippen LogP contribution is -2.59. The zero-order valence-corrected chi connectivity index (χ0v) is 23.3. The van der Waals surface area contributed by atoms with Crippen molar-refractivity contribution in [3.63, 3.8) is 0 Å². The van der Waals surface area contributed by atoms with Crippen molar-refractivity contribution in [1.29, 1.82) is 0 Å². The molecule has 0 unspecified atom stereocenters. The molecule has 2 aromatic heterocycles. The molecule has 0 radical (unpaired) electrons. The molecule has 2 amide bonds. The number of sulfonamides is 1. The number of nitrogens with one attached hydrogen (secondary N) is 1. The highest BCUT2D eigenvalue weighted by atomic mass is 32.2. The molecule has 210 valence electrons. The van der Waals surface area contributed by atoms with Crippen LogP contribution in [0.2, 0.25) is 0 Å². The molecule has 39 heavy (non-hydrogen) atoms. The van der Waals surface area contributed by atoms with Crippen LogP contribution in [0.15, 0.2) is 27.9 Å². The number of hydrogen-bond acceptors (Lipinski definition) is 8. The number of benzene rings is 1. The SMILES string of the molecule is CN(C)C(=O)N1CC=C(c2cc(S(=O)(=O)NC3(C)COC3)cc3c2n(C)c(=O)n3-c2nnc(C(F)F)s2)CC1. The minimum atomic E-state index is -4.08. The van der Waals surface area contributed by atoms with Crippen molar-refractivity contribution in [2.45, 2.75) is 30.2 Å².